The van der Waals surface area contributed by atoms with Gasteiger partial charge in [0.2, 0.25) is 0 Å². The van der Waals surface area contributed by atoms with Gasteiger partial charge in [0.25, 0.3) is 0 Å². The summed E-state index contributed by atoms with van der Waals surface area (Å²) in [6, 6.07) is 12.2. The monoisotopic (exact) mass is 332 g/mol. The largest absolute Gasteiger partial charge is 0.362 e. The molecule has 0 saturated carbocycles. The zero-order valence-corrected chi connectivity index (χ0v) is 12.4. The Morgan fingerprint density at radius 2 is 2.00 bits per heavy atom. The lowest BCUT2D eigenvalue weighted by Crippen LogP contribution is -2.12. The highest BCUT2D eigenvalue weighted by molar-refractivity contribution is 9.10. The van der Waals surface area contributed by atoms with Gasteiger partial charge in [0.15, 0.2) is 5.65 Å². The van der Waals surface area contributed by atoms with E-state index in [1.807, 2.05) is 24.3 Å². The van der Waals surface area contributed by atoms with E-state index in [2.05, 4.69) is 60.9 Å². The maximum atomic E-state index is 4.33. The molecular formula is C13H13BrN6. The number of halogens is 1. The predicted molar refractivity (Wildman–Crippen MR) is 79.4 cm³/mol. The highest BCUT2D eigenvalue weighted by Crippen LogP contribution is 2.23. The molecule has 0 amide bonds. The zero-order chi connectivity index (χ0) is 13.9. The third kappa shape index (κ3) is 2.62. The van der Waals surface area contributed by atoms with E-state index >= 15 is 0 Å². The van der Waals surface area contributed by atoms with Gasteiger partial charge in [-0.25, -0.2) is 0 Å². The molecule has 1 atom stereocenters. The number of tetrazole rings is 1. The second kappa shape index (κ2) is 5.54. The van der Waals surface area contributed by atoms with Crippen molar-refractivity contribution in [2.75, 3.05) is 5.32 Å². The minimum atomic E-state index is 0.199. The molecule has 2 heterocycles. The Kier molecular flexibility index (Phi) is 3.60. The van der Waals surface area contributed by atoms with Crippen molar-refractivity contribution in [3.05, 3.63) is 46.4 Å². The van der Waals surface area contributed by atoms with Crippen molar-refractivity contribution < 1.29 is 0 Å². The molecule has 102 valence electrons. The van der Waals surface area contributed by atoms with Gasteiger partial charge in [0.05, 0.1) is 6.04 Å². The van der Waals surface area contributed by atoms with E-state index in [1.165, 1.54) is 10.2 Å². The molecule has 0 fully saturated rings. The molecule has 0 unspecified atom stereocenters. The number of nitrogens with zero attached hydrogens (tertiary/aromatic N) is 5. The fraction of sp³-hybridized carbons (Fsp3) is 0.231. The first-order valence-corrected chi connectivity index (χ1v) is 7.13. The van der Waals surface area contributed by atoms with Crippen LogP contribution in [0.1, 0.15) is 24.9 Å². The fourth-order valence-corrected chi connectivity index (χ4v) is 2.29. The summed E-state index contributed by atoms with van der Waals surface area (Å²) < 4.78 is 2.49. The molecule has 20 heavy (non-hydrogen) atoms. The molecule has 3 rings (SSSR count). The number of nitrogens with one attached hydrogen (secondary N) is 1. The van der Waals surface area contributed by atoms with Crippen LogP contribution in [0.4, 0.5) is 5.82 Å². The van der Waals surface area contributed by atoms with Gasteiger partial charge in [0.1, 0.15) is 5.82 Å². The van der Waals surface area contributed by atoms with Crippen LogP contribution in [0.5, 0.6) is 0 Å². The standard InChI is InChI=1S/C13H13BrN6/c1-2-11(9-3-5-10(14)6-4-9)15-12-7-8-13-16-18-19-20(13)17-12/h3-8,11H,2H2,1H3,(H,15,17)/t11-/m0/s1. The molecule has 0 radical (unpaired) electrons. The summed E-state index contributed by atoms with van der Waals surface area (Å²) in [5.74, 6) is 0.750. The molecular weight excluding hydrogens is 320 g/mol. The van der Waals surface area contributed by atoms with Crippen molar-refractivity contribution >= 4 is 27.4 Å². The Balaban J connectivity index is 1.84. The number of anilines is 1. The molecule has 0 spiro atoms. The summed E-state index contributed by atoms with van der Waals surface area (Å²) in [4.78, 5) is 0. The summed E-state index contributed by atoms with van der Waals surface area (Å²) >= 11 is 3.45. The van der Waals surface area contributed by atoms with Crippen molar-refractivity contribution in [3.8, 4) is 0 Å². The quantitative estimate of drug-likeness (QED) is 0.795. The van der Waals surface area contributed by atoms with Crippen LogP contribution in [-0.4, -0.2) is 25.3 Å². The highest BCUT2D eigenvalue weighted by atomic mass is 79.9. The van der Waals surface area contributed by atoms with E-state index in [4.69, 9.17) is 0 Å². The molecule has 1 aromatic carbocycles. The SMILES string of the molecule is CC[C@H](Nc1ccc2nnnn2n1)c1ccc(Br)cc1. The second-order valence-corrected chi connectivity index (χ2v) is 5.32. The highest BCUT2D eigenvalue weighted by Gasteiger charge is 2.10. The lowest BCUT2D eigenvalue weighted by atomic mass is 10.0. The van der Waals surface area contributed by atoms with E-state index in [0.29, 0.717) is 5.65 Å². The first kappa shape index (κ1) is 13.0. The molecule has 3 aromatic rings. The van der Waals surface area contributed by atoms with Gasteiger partial charge in [-0.05, 0) is 46.7 Å². The molecule has 0 saturated heterocycles. The summed E-state index contributed by atoms with van der Waals surface area (Å²) in [6.07, 6.45) is 0.955. The zero-order valence-electron chi connectivity index (χ0n) is 10.9. The van der Waals surface area contributed by atoms with Crippen molar-refractivity contribution in [1.29, 1.82) is 0 Å². The number of benzene rings is 1. The van der Waals surface area contributed by atoms with Crippen molar-refractivity contribution in [1.82, 2.24) is 25.3 Å². The maximum Gasteiger partial charge on any atom is 0.200 e. The molecule has 7 heteroatoms. The normalized spacial score (nSPS) is 12.5. The van der Waals surface area contributed by atoms with E-state index in [1.54, 1.807) is 0 Å². The summed E-state index contributed by atoms with van der Waals surface area (Å²) in [5, 5.41) is 18.9. The minimum absolute atomic E-state index is 0.199. The number of fused-ring (bicyclic) bond motifs is 1. The molecule has 0 aliphatic rings. The Morgan fingerprint density at radius 1 is 1.20 bits per heavy atom. The third-order valence-electron chi connectivity index (χ3n) is 3.07. The van der Waals surface area contributed by atoms with Gasteiger partial charge in [-0.2, -0.15) is 0 Å². The van der Waals surface area contributed by atoms with E-state index in [9.17, 15) is 0 Å². The average Bonchev–Trinajstić information content (AvgIpc) is 2.93. The van der Waals surface area contributed by atoms with Crippen molar-refractivity contribution in [3.63, 3.8) is 0 Å². The van der Waals surface area contributed by atoms with Gasteiger partial charge >= 0.3 is 0 Å². The Hall–Kier alpha value is -2.02. The van der Waals surface area contributed by atoms with Crippen LogP contribution >= 0.6 is 15.9 Å². The Labute approximate surface area is 124 Å². The molecule has 1 N–H and O–H groups in total. The molecule has 0 aliphatic heterocycles. The van der Waals surface area contributed by atoms with Crippen molar-refractivity contribution in [2.24, 2.45) is 0 Å². The topological polar surface area (TPSA) is 68.0 Å². The Morgan fingerprint density at radius 3 is 2.75 bits per heavy atom. The van der Waals surface area contributed by atoms with Gasteiger partial charge < -0.3 is 5.32 Å². The van der Waals surface area contributed by atoms with Gasteiger partial charge in [-0.3, -0.25) is 0 Å². The molecule has 2 aromatic heterocycles. The summed E-state index contributed by atoms with van der Waals surface area (Å²) in [7, 11) is 0. The Bertz CT molecular complexity index is 708. The van der Waals surface area contributed by atoms with Crippen LogP contribution < -0.4 is 5.32 Å². The van der Waals surface area contributed by atoms with Crippen LogP contribution in [0.3, 0.4) is 0 Å². The van der Waals surface area contributed by atoms with Crippen LogP contribution in [0.2, 0.25) is 0 Å². The van der Waals surface area contributed by atoms with Crippen LogP contribution in [0, 0.1) is 0 Å². The summed E-state index contributed by atoms with van der Waals surface area (Å²) in [5.41, 5.74) is 1.85. The molecule has 0 aliphatic carbocycles. The van der Waals surface area contributed by atoms with Crippen LogP contribution in [0.25, 0.3) is 5.65 Å². The van der Waals surface area contributed by atoms with Gasteiger partial charge in [-0.15, -0.1) is 14.8 Å². The third-order valence-corrected chi connectivity index (χ3v) is 3.60. The number of aromatic nitrogens is 5. The fourth-order valence-electron chi connectivity index (χ4n) is 2.02. The number of rotatable bonds is 4. The van der Waals surface area contributed by atoms with Crippen LogP contribution in [0.15, 0.2) is 40.9 Å². The minimum Gasteiger partial charge on any atom is -0.362 e. The molecule has 6 nitrogen and oxygen atoms in total. The first-order valence-electron chi connectivity index (χ1n) is 6.33. The number of hydrogen-bond donors (Lipinski definition) is 1. The molecule has 0 bridgehead atoms. The first-order chi connectivity index (χ1) is 9.76. The maximum absolute atomic E-state index is 4.33. The lowest BCUT2D eigenvalue weighted by molar-refractivity contribution is 0.707. The van der Waals surface area contributed by atoms with E-state index < -0.39 is 0 Å². The van der Waals surface area contributed by atoms with Crippen molar-refractivity contribution in [2.45, 2.75) is 19.4 Å². The average molecular weight is 333 g/mol. The summed E-state index contributed by atoms with van der Waals surface area (Å²) in [6.45, 7) is 2.13. The number of hydrogen-bond acceptors (Lipinski definition) is 5. The van der Waals surface area contributed by atoms with Gasteiger partial charge in [-0.1, -0.05) is 35.0 Å². The smallest absolute Gasteiger partial charge is 0.200 e. The van der Waals surface area contributed by atoms with Gasteiger partial charge in [0, 0.05) is 4.47 Å². The lowest BCUT2D eigenvalue weighted by Gasteiger charge is -2.17. The predicted octanol–water partition coefficient (Wildman–Crippen LogP) is 2.85. The van der Waals surface area contributed by atoms with E-state index in [0.717, 1.165) is 16.7 Å². The van der Waals surface area contributed by atoms with E-state index in [-0.39, 0.29) is 6.04 Å². The van der Waals surface area contributed by atoms with Crippen LogP contribution in [-0.2, 0) is 0 Å². The second-order valence-electron chi connectivity index (χ2n) is 4.40.